The van der Waals surface area contributed by atoms with Crippen molar-refractivity contribution in [2.75, 3.05) is 11.1 Å². The molecule has 3 N–H and O–H groups in total. The summed E-state index contributed by atoms with van der Waals surface area (Å²) < 4.78 is 13.9. The number of nitrogens with two attached hydrogens (primary N) is 1. The lowest BCUT2D eigenvalue weighted by molar-refractivity contribution is 0.628. The molecule has 2 nitrogen and oxygen atoms in total. The highest BCUT2D eigenvalue weighted by Gasteiger charge is 2.03. The number of hydrogen-bond acceptors (Lipinski definition) is 2. The smallest absolute Gasteiger partial charge is 0.126 e. The maximum atomic E-state index is 13.1. The summed E-state index contributed by atoms with van der Waals surface area (Å²) in [6.07, 6.45) is 0. The van der Waals surface area contributed by atoms with Gasteiger partial charge in [-0.3, -0.25) is 0 Å². The number of hydrogen-bond donors (Lipinski definition) is 2. The molecule has 2 aromatic rings. The van der Waals surface area contributed by atoms with Gasteiger partial charge in [0.25, 0.3) is 0 Å². The highest BCUT2D eigenvalue weighted by atomic mass is 79.9. The van der Waals surface area contributed by atoms with Gasteiger partial charge in [-0.1, -0.05) is 11.6 Å². The molecule has 2 aromatic carbocycles. The van der Waals surface area contributed by atoms with Crippen LogP contribution in [0.4, 0.5) is 21.5 Å². The van der Waals surface area contributed by atoms with Gasteiger partial charge in [-0.15, -0.1) is 0 Å². The van der Waals surface area contributed by atoms with Crippen LogP contribution in [0.1, 0.15) is 0 Å². The van der Waals surface area contributed by atoms with Crippen molar-refractivity contribution in [1.29, 1.82) is 0 Å². The molecule has 0 heterocycles. The van der Waals surface area contributed by atoms with Crippen LogP contribution in [-0.4, -0.2) is 0 Å². The Morgan fingerprint density at radius 2 is 1.94 bits per heavy atom. The van der Waals surface area contributed by atoms with Crippen molar-refractivity contribution in [3.05, 3.63) is 51.7 Å². The topological polar surface area (TPSA) is 38.0 Å². The molecule has 88 valence electrons. The molecule has 0 fully saturated rings. The molecule has 5 heteroatoms. The van der Waals surface area contributed by atoms with Gasteiger partial charge in [0.2, 0.25) is 0 Å². The Bertz CT molecular complexity index is 540. The van der Waals surface area contributed by atoms with E-state index in [1.165, 1.54) is 12.1 Å². The van der Waals surface area contributed by atoms with Gasteiger partial charge < -0.3 is 11.1 Å². The second-order valence-electron chi connectivity index (χ2n) is 3.52. The number of anilines is 3. The largest absolute Gasteiger partial charge is 0.399 e. The molecular formula is C12H9BrClFN2. The van der Waals surface area contributed by atoms with Crippen molar-refractivity contribution in [3.8, 4) is 0 Å². The van der Waals surface area contributed by atoms with Crippen molar-refractivity contribution in [3.63, 3.8) is 0 Å². The first-order valence-corrected chi connectivity index (χ1v) is 6.00. The Kier molecular flexibility index (Phi) is 3.54. The molecule has 2 rings (SSSR count). The quantitative estimate of drug-likeness (QED) is 0.797. The molecule has 0 aliphatic heterocycles. The zero-order chi connectivity index (χ0) is 12.4. The molecule has 0 saturated heterocycles. The van der Waals surface area contributed by atoms with Crippen molar-refractivity contribution < 1.29 is 4.39 Å². The third-order valence-electron chi connectivity index (χ3n) is 2.13. The monoisotopic (exact) mass is 314 g/mol. The molecule has 17 heavy (non-hydrogen) atoms. The number of rotatable bonds is 2. The van der Waals surface area contributed by atoms with Gasteiger partial charge in [-0.2, -0.15) is 0 Å². The van der Waals surface area contributed by atoms with E-state index in [1.54, 1.807) is 24.3 Å². The third kappa shape index (κ3) is 3.11. The van der Waals surface area contributed by atoms with E-state index in [9.17, 15) is 4.39 Å². The molecule has 0 atom stereocenters. The van der Waals surface area contributed by atoms with Crippen molar-refractivity contribution in [2.24, 2.45) is 0 Å². The normalized spacial score (nSPS) is 10.3. The summed E-state index contributed by atoms with van der Waals surface area (Å²) in [6.45, 7) is 0. The molecule has 0 aromatic heterocycles. The fraction of sp³-hybridized carbons (Fsp3) is 0. The van der Waals surface area contributed by atoms with Crippen LogP contribution in [0.15, 0.2) is 40.9 Å². The molecule has 0 unspecified atom stereocenters. The van der Waals surface area contributed by atoms with E-state index in [-0.39, 0.29) is 5.82 Å². The summed E-state index contributed by atoms with van der Waals surface area (Å²) in [5.41, 5.74) is 7.66. The maximum absolute atomic E-state index is 13.1. The van der Waals surface area contributed by atoms with E-state index in [0.717, 1.165) is 10.2 Å². The molecule has 0 aliphatic rings. The first-order valence-electron chi connectivity index (χ1n) is 4.83. The highest BCUT2D eigenvalue weighted by molar-refractivity contribution is 9.10. The third-order valence-corrected chi connectivity index (χ3v) is 3.01. The van der Waals surface area contributed by atoms with Crippen LogP contribution in [0, 0.1) is 5.82 Å². The predicted octanol–water partition coefficient (Wildman–Crippen LogP) is 4.57. The van der Waals surface area contributed by atoms with Gasteiger partial charge in [0.1, 0.15) is 5.82 Å². The van der Waals surface area contributed by atoms with Gasteiger partial charge in [0, 0.05) is 20.9 Å². The van der Waals surface area contributed by atoms with Gasteiger partial charge in [0.05, 0.1) is 5.69 Å². The van der Waals surface area contributed by atoms with Gasteiger partial charge in [0.15, 0.2) is 0 Å². The van der Waals surface area contributed by atoms with Crippen molar-refractivity contribution >= 4 is 44.6 Å². The van der Waals surface area contributed by atoms with Crippen molar-refractivity contribution in [2.45, 2.75) is 0 Å². The zero-order valence-electron chi connectivity index (χ0n) is 8.68. The van der Waals surface area contributed by atoms with E-state index >= 15 is 0 Å². The van der Waals surface area contributed by atoms with E-state index in [2.05, 4.69) is 21.2 Å². The van der Waals surface area contributed by atoms with E-state index < -0.39 is 0 Å². The minimum atomic E-state index is -0.383. The van der Waals surface area contributed by atoms with Crippen LogP contribution in [0.2, 0.25) is 5.02 Å². The second kappa shape index (κ2) is 4.94. The highest BCUT2D eigenvalue weighted by Crippen LogP contribution is 2.29. The Morgan fingerprint density at radius 3 is 2.59 bits per heavy atom. The van der Waals surface area contributed by atoms with Crippen LogP contribution >= 0.6 is 27.5 Å². The molecule has 0 spiro atoms. The van der Waals surface area contributed by atoms with Gasteiger partial charge in [-0.05, 0) is 52.3 Å². The van der Waals surface area contributed by atoms with Crippen LogP contribution in [0.3, 0.4) is 0 Å². The second-order valence-corrected chi connectivity index (χ2v) is 4.81. The number of halogens is 3. The summed E-state index contributed by atoms with van der Waals surface area (Å²) >= 11 is 9.14. The maximum Gasteiger partial charge on any atom is 0.126 e. The van der Waals surface area contributed by atoms with E-state index in [1.807, 2.05) is 0 Å². The Hall–Kier alpha value is -1.26. The van der Waals surface area contributed by atoms with E-state index in [0.29, 0.717) is 16.4 Å². The minimum absolute atomic E-state index is 0.346. The molecule has 0 bridgehead atoms. The van der Waals surface area contributed by atoms with Gasteiger partial charge >= 0.3 is 0 Å². The lowest BCUT2D eigenvalue weighted by Gasteiger charge is -2.09. The SMILES string of the molecule is Nc1ccc(Nc2cc(F)cc(Cl)c2)c(Br)c1. The molecule has 0 aliphatic carbocycles. The Balaban J connectivity index is 2.31. The lowest BCUT2D eigenvalue weighted by atomic mass is 10.2. The molecule has 0 saturated carbocycles. The van der Waals surface area contributed by atoms with Crippen molar-refractivity contribution in [1.82, 2.24) is 0 Å². The summed E-state index contributed by atoms with van der Waals surface area (Å²) in [4.78, 5) is 0. The fourth-order valence-corrected chi connectivity index (χ4v) is 2.13. The first kappa shape index (κ1) is 12.2. The van der Waals surface area contributed by atoms with Crippen LogP contribution in [0.25, 0.3) is 0 Å². The van der Waals surface area contributed by atoms with Crippen LogP contribution in [0.5, 0.6) is 0 Å². The van der Waals surface area contributed by atoms with Crippen LogP contribution in [-0.2, 0) is 0 Å². The summed E-state index contributed by atoms with van der Waals surface area (Å²) in [5.74, 6) is -0.383. The summed E-state index contributed by atoms with van der Waals surface area (Å²) in [7, 11) is 0. The average molecular weight is 316 g/mol. The standard InChI is InChI=1S/C12H9BrClFN2/c13-11-6-9(16)1-2-12(11)17-10-4-7(14)3-8(15)5-10/h1-6,17H,16H2. The molecule has 0 amide bonds. The zero-order valence-corrected chi connectivity index (χ0v) is 11.0. The minimum Gasteiger partial charge on any atom is -0.399 e. The predicted molar refractivity (Wildman–Crippen MR) is 73.2 cm³/mol. The molecule has 0 radical (unpaired) electrons. The average Bonchev–Trinajstić information content (AvgIpc) is 2.21. The number of nitrogen functional groups attached to an aromatic ring is 1. The molecular weight excluding hydrogens is 307 g/mol. The number of nitrogens with one attached hydrogen (secondary N) is 1. The fourth-order valence-electron chi connectivity index (χ4n) is 1.41. The summed E-state index contributed by atoms with van der Waals surface area (Å²) in [6, 6.07) is 9.60. The van der Waals surface area contributed by atoms with Crippen LogP contribution < -0.4 is 11.1 Å². The van der Waals surface area contributed by atoms with Gasteiger partial charge in [-0.25, -0.2) is 4.39 Å². The van der Waals surface area contributed by atoms with E-state index in [4.69, 9.17) is 17.3 Å². The number of benzene rings is 2. The first-order chi connectivity index (χ1) is 8.04. The Labute approximate surface area is 112 Å². The summed E-state index contributed by atoms with van der Waals surface area (Å²) in [5, 5.41) is 3.40. The lowest BCUT2D eigenvalue weighted by Crippen LogP contribution is -1.93. The Morgan fingerprint density at radius 1 is 1.18 bits per heavy atom.